The molecule has 1 heterocycles. The van der Waals surface area contributed by atoms with Crippen LogP contribution in [0.2, 0.25) is 0 Å². The highest BCUT2D eigenvalue weighted by molar-refractivity contribution is 6.68. The van der Waals surface area contributed by atoms with Gasteiger partial charge in [-0.25, -0.2) is 0 Å². The van der Waals surface area contributed by atoms with Crippen molar-refractivity contribution in [2.75, 3.05) is 0 Å². The maximum atomic E-state index is 5.61. The first-order valence-electron chi connectivity index (χ1n) is 3.56. The van der Waals surface area contributed by atoms with Crippen LogP contribution in [0, 0.1) is 0 Å². The average Bonchev–Trinajstić information content (AvgIpc) is 2.45. The van der Waals surface area contributed by atoms with Gasteiger partial charge in [-0.2, -0.15) is 0 Å². The van der Waals surface area contributed by atoms with Crippen molar-refractivity contribution in [3.05, 3.63) is 24.3 Å². The number of hydrogen-bond acceptors (Lipinski definition) is 2. The summed E-state index contributed by atoms with van der Waals surface area (Å²) in [6.07, 6.45) is -0.866. The lowest BCUT2D eigenvalue weighted by molar-refractivity contribution is 0.0534. The highest BCUT2D eigenvalue weighted by atomic mass is 35.6. The third-order valence-corrected chi connectivity index (χ3v) is 2.12. The molecule has 0 radical (unpaired) electrons. The van der Waals surface area contributed by atoms with E-state index in [9.17, 15) is 0 Å². The fourth-order valence-electron chi connectivity index (χ4n) is 1.03. The molecule has 2 nitrogen and oxygen atoms in total. The summed E-state index contributed by atoms with van der Waals surface area (Å²) in [6, 6.07) is 7.16. The number of hydrogen-bond donors (Lipinski definition) is 0. The highest BCUT2D eigenvalue weighted by Crippen LogP contribution is 2.42. The minimum Gasteiger partial charge on any atom is -0.447 e. The summed E-state index contributed by atoms with van der Waals surface area (Å²) in [5.41, 5.74) is 0. The smallest absolute Gasteiger partial charge is 0.288 e. The molecule has 1 aliphatic heterocycles. The molecule has 2 rings (SSSR count). The summed E-state index contributed by atoms with van der Waals surface area (Å²) in [5.74, 6) is 1.19. The maximum absolute atomic E-state index is 5.61. The molecule has 0 atom stereocenters. The lowest BCUT2D eigenvalue weighted by atomic mass is 10.3. The van der Waals surface area contributed by atoms with Crippen molar-refractivity contribution in [3.8, 4) is 11.5 Å². The second-order valence-corrected chi connectivity index (χ2v) is 4.92. The van der Waals surface area contributed by atoms with E-state index in [0.717, 1.165) is 0 Å². The van der Waals surface area contributed by atoms with E-state index in [0.29, 0.717) is 11.5 Å². The zero-order chi connectivity index (χ0) is 9.47. The van der Waals surface area contributed by atoms with E-state index in [2.05, 4.69) is 0 Å². The molecule has 0 saturated heterocycles. The Morgan fingerprint density at radius 3 is 1.85 bits per heavy atom. The van der Waals surface area contributed by atoms with Crippen LogP contribution in [0.4, 0.5) is 0 Å². The number of halogens is 3. The van der Waals surface area contributed by atoms with Gasteiger partial charge in [-0.3, -0.25) is 0 Å². The number of rotatable bonds is 0. The summed E-state index contributed by atoms with van der Waals surface area (Å²) in [6.45, 7) is 0. The summed E-state index contributed by atoms with van der Waals surface area (Å²) in [4.78, 5) is 0. The number of benzene rings is 1. The van der Waals surface area contributed by atoms with Gasteiger partial charge < -0.3 is 9.47 Å². The fraction of sp³-hybridized carbons (Fsp3) is 0.250. The van der Waals surface area contributed by atoms with Gasteiger partial charge in [-0.05, 0) is 12.1 Å². The van der Waals surface area contributed by atoms with Crippen LogP contribution in [0.25, 0.3) is 0 Å². The van der Waals surface area contributed by atoms with E-state index < -0.39 is 10.1 Å². The number of alkyl halides is 3. The van der Waals surface area contributed by atoms with Gasteiger partial charge in [0, 0.05) is 0 Å². The molecule has 13 heavy (non-hydrogen) atoms. The van der Waals surface area contributed by atoms with E-state index in [1.54, 1.807) is 12.1 Å². The summed E-state index contributed by atoms with van der Waals surface area (Å²) in [7, 11) is 0. The van der Waals surface area contributed by atoms with Crippen LogP contribution in [0.5, 0.6) is 11.5 Å². The van der Waals surface area contributed by atoms with Gasteiger partial charge in [-0.15, -0.1) is 0 Å². The van der Waals surface area contributed by atoms with Gasteiger partial charge in [-0.1, -0.05) is 46.9 Å². The van der Waals surface area contributed by atoms with Gasteiger partial charge in [0.15, 0.2) is 11.5 Å². The first-order valence-corrected chi connectivity index (χ1v) is 4.70. The molecule has 0 bridgehead atoms. The topological polar surface area (TPSA) is 18.5 Å². The standard InChI is InChI=1S/C8H5Cl3O2/c9-8(10,11)7-12-5-3-1-2-4-6(5)13-7/h1-4,7H. The van der Waals surface area contributed by atoms with E-state index in [4.69, 9.17) is 44.3 Å². The Hall–Kier alpha value is -0.310. The molecule has 0 spiro atoms. The molecule has 1 aromatic carbocycles. The lowest BCUT2D eigenvalue weighted by Crippen LogP contribution is -2.33. The molecule has 0 saturated carbocycles. The van der Waals surface area contributed by atoms with Crippen molar-refractivity contribution in [2.45, 2.75) is 10.1 Å². The molecule has 70 valence electrons. The van der Waals surface area contributed by atoms with Crippen molar-refractivity contribution in [2.24, 2.45) is 0 Å². The van der Waals surface area contributed by atoms with Crippen molar-refractivity contribution < 1.29 is 9.47 Å². The van der Waals surface area contributed by atoms with Gasteiger partial charge in [0.1, 0.15) is 0 Å². The molecule has 0 aromatic heterocycles. The molecular formula is C8H5Cl3O2. The van der Waals surface area contributed by atoms with E-state index >= 15 is 0 Å². The Labute approximate surface area is 90.3 Å². The van der Waals surface area contributed by atoms with Crippen LogP contribution < -0.4 is 9.47 Å². The van der Waals surface area contributed by atoms with E-state index in [1.165, 1.54) is 0 Å². The zero-order valence-electron chi connectivity index (χ0n) is 6.34. The molecule has 0 aliphatic carbocycles. The highest BCUT2D eigenvalue weighted by Gasteiger charge is 2.41. The minimum atomic E-state index is -1.57. The largest absolute Gasteiger partial charge is 0.447 e. The first kappa shape index (κ1) is 9.25. The molecule has 0 unspecified atom stereocenters. The maximum Gasteiger partial charge on any atom is 0.288 e. The number of fused-ring (bicyclic) bond motifs is 1. The van der Waals surface area contributed by atoms with Crippen LogP contribution in [0.3, 0.4) is 0 Å². The first-order chi connectivity index (χ1) is 6.07. The van der Waals surface area contributed by atoms with Crippen LogP contribution in [-0.2, 0) is 0 Å². The monoisotopic (exact) mass is 238 g/mol. The molecule has 5 heteroatoms. The lowest BCUT2D eigenvalue weighted by Gasteiger charge is -2.17. The van der Waals surface area contributed by atoms with Crippen molar-refractivity contribution in [1.82, 2.24) is 0 Å². The van der Waals surface area contributed by atoms with Crippen LogP contribution in [0.15, 0.2) is 24.3 Å². The second-order valence-electron chi connectivity index (χ2n) is 2.56. The van der Waals surface area contributed by atoms with E-state index in [1.807, 2.05) is 12.1 Å². The van der Waals surface area contributed by atoms with Gasteiger partial charge in [0.05, 0.1) is 0 Å². The third kappa shape index (κ3) is 1.80. The van der Waals surface area contributed by atoms with E-state index in [-0.39, 0.29) is 0 Å². The molecule has 1 aliphatic rings. The van der Waals surface area contributed by atoms with Crippen LogP contribution in [-0.4, -0.2) is 10.1 Å². The van der Waals surface area contributed by atoms with Crippen molar-refractivity contribution in [3.63, 3.8) is 0 Å². The molecule has 1 aromatic rings. The van der Waals surface area contributed by atoms with Gasteiger partial charge in [0.25, 0.3) is 10.1 Å². The normalized spacial score (nSPS) is 16.2. The number of ether oxygens (including phenoxy) is 2. The Kier molecular flexibility index (Phi) is 2.22. The summed E-state index contributed by atoms with van der Waals surface area (Å²) >= 11 is 16.8. The zero-order valence-corrected chi connectivity index (χ0v) is 8.60. The average molecular weight is 239 g/mol. The quantitative estimate of drug-likeness (QED) is 0.648. The Morgan fingerprint density at radius 1 is 1.00 bits per heavy atom. The van der Waals surface area contributed by atoms with Crippen LogP contribution >= 0.6 is 34.8 Å². The minimum absolute atomic E-state index is 0.596. The SMILES string of the molecule is ClC(Cl)(Cl)C1Oc2ccccc2O1. The Balaban J connectivity index is 2.23. The summed E-state index contributed by atoms with van der Waals surface area (Å²) in [5, 5.41) is 0. The molecule has 0 N–H and O–H groups in total. The third-order valence-electron chi connectivity index (χ3n) is 1.58. The Bertz CT molecular complexity index is 296. The predicted octanol–water partition coefficient (Wildman–Crippen LogP) is 3.15. The van der Waals surface area contributed by atoms with Gasteiger partial charge >= 0.3 is 0 Å². The molecule has 0 amide bonds. The Morgan fingerprint density at radius 2 is 1.46 bits per heavy atom. The van der Waals surface area contributed by atoms with Crippen molar-refractivity contribution in [1.29, 1.82) is 0 Å². The van der Waals surface area contributed by atoms with Crippen molar-refractivity contribution >= 4 is 34.8 Å². The molecular weight excluding hydrogens is 234 g/mol. The molecule has 0 fully saturated rings. The number of para-hydroxylation sites is 2. The second kappa shape index (κ2) is 3.12. The van der Waals surface area contributed by atoms with Crippen LogP contribution in [0.1, 0.15) is 0 Å². The summed E-state index contributed by atoms with van der Waals surface area (Å²) < 4.78 is 8.94. The fourth-order valence-corrected chi connectivity index (χ4v) is 1.30. The predicted molar refractivity (Wildman–Crippen MR) is 51.8 cm³/mol. The van der Waals surface area contributed by atoms with Gasteiger partial charge in [0.2, 0.25) is 0 Å².